The van der Waals surface area contributed by atoms with Gasteiger partial charge in [-0.2, -0.15) is 5.26 Å². The number of piperidine rings is 1. The second-order valence-electron chi connectivity index (χ2n) is 12.9. The summed E-state index contributed by atoms with van der Waals surface area (Å²) in [7, 11) is 0. The topological polar surface area (TPSA) is 94.7 Å². The van der Waals surface area contributed by atoms with Crippen LogP contribution in [0.2, 0.25) is 10.0 Å². The van der Waals surface area contributed by atoms with Gasteiger partial charge in [0.2, 0.25) is 0 Å². The Kier molecular flexibility index (Phi) is 9.19. The molecule has 2 N–H and O–H groups in total. The second kappa shape index (κ2) is 13.3. The molecule has 2 aromatic heterocycles. The summed E-state index contributed by atoms with van der Waals surface area (Å²) in [6.45, 7) is 11.5. The van der Waals surface area contributed by atoms with E-state index in [-0.39, 0.29) is 17.6 Å². The van der Waals surface area contributed by atoms with Crippen molar-refractivity contribution in [3.63, 3.8) is 0 Å². The molecule has 1 aliphatic heterocycles. The van der Waals surface area contributed by atoms with Crippen molar-refractivity contribution < 1.29 is 0 Å². The Hall–Kier alpha value is -4.16. The Labute approximate surface area is 280 Å². The van der Waals surface area contributed by atoms with Gasteiger partial charge in [0, 0.05) is 46.8 Å². The molecule has 1 aliphatic rings. The van der Waals surface area contributed by atoms with Crippen LogP contribution in [0.4, 0.5) is 11.4 Å². The molecule has 0 saturated carbocycles. The van der Waals surface area contributed by atoms with Crippen LogP contribution in [0.25, 0.3) is 10.9 Å². The first kappa shape index (κ1) is 31.8. The molecule has 0 spiro atoms. The second-order valence-corrected chi connectivity index (χ2v) is 13.8. The van der Waals surface area contributed by atoms with Crippen molar-refractivity contribution >= 4 is 45.5 Å². The van der Waals surface area contributed by atoms with Gasteiger partial charge in [0.05, 0.1) is 40.7 Å². The van der Waals surface area contributed by atoms with Gasteiger partial charge in [0.25, 0.3) is 0 Å². The van der Waals surface area contributed by atoms with Crippen molar-refractivity contribution in [3.05, 3.63) is 111 Å². The molecule has 236 valence electrons. The van der Waals surface area contributed by atoms with Crippen LogP contribution in [0.15, 0.2) is 73.1 Å². The number of aryl methyl sites for hydroxylation is 1. The van der Waals surface area contributed by atoms with Crippen molar-refractivity contribution in [3.8, 4) is 6.07 Å². The molecule has 8 nitrogen and oxygen atoms in total. The number of pyridine rings is 1. The van der Waals surface area contributed by atoms with Crippen molar-refractivity contribution in [2.75, 3.05) is 23.7 Å². The number of hydrogen-bond acceptors (Lipinski definition) is 7. The highest BCUT2D eigenvalue weighted by Crippen LogP contribution is 2.37. The highest BCUT2D eigenvalue weighted by molar-refractivity contribution is 6.32. The summed E-state index contributed by atoms with van der Waals surface area (Å²) in [6, 6.07) is 21.9. The summed E-state index contributed by atoms with van der Waals surface area (Å²) in [5, 5.41) is 28.4. The summed E-state index contributed by atoms with van der Waals surface area (Å²) in [4.78, 5) is 7.26. The quantitative estimate of drug-likeness (QED) is 0.173. The van der Waals surface area contributed by atoms with E-state index in [0.29, 0.717) is 33.4 Å². The maximum atomic E-state index is 9.99. The fourth-order valence-electron chi connectivity index (χ4n) is 6.19. The van der Waals surface area contributed by atoms with Gasteiger partial charge in [-0.05, 0) is 81.5 Å². The van der Waals surface area contributed by atoms with Crippen LogP contribution >= 0.6 is 23.2 Å². The van der Waals surface area contributed by atoms with Crippen LogP contribution in [-0.4, -0.2) is 43.5 Å². The molecule has 1 fully saturated rings. The first-order valence-corrected chi connectivity index (χ1v) is 16.4. The maximum Gasteiger partial charge on any atom is 0.109 e. The lowest BCUT2D eigenvalue weighted by molar-refractivity contribution is 0.0866. The van der Waals surface area contributed by atoms with Gasteiger partial charge >= 0.3 is 0 Å². The number of halogens is 2. The molecule has 0 bridgehead atoms. The Morgan fingerprint density at radius 2 is 1.76 bits per heavy atom. The van der Waals surface area contributed by atoms with E-state index < -0.39 is 0 Å². The van der Waals surface area contributed by atoms with Gasteiger partial charge in [-0.25, -0.2) is 4.68 Å². The first-order valence-electron chi connectivity index (χ1n) is 15.6. The minimum absolute atomic E-state index is 0.153. The smallest absolute Gasteiger partial charge is 0.109 e. The molecule has 1 atom stereocenters. The molecule has 0 unspecified atom stereocenters. The van der Waals surface area contributed by atoms with Crippen molar-refractivity contribution in [1.29, 1.82) is 5.26 Å². The van der Waals surface area contributed by atoms with E-state index in [4.69, 9.17) is 28.2 Å². The van der Waals surface area contributed by atoms with Crippen LogP contribution in [0, 0.1) is 18.3 Å². The zero-order valence-electron chi connectivity index (χ0n) is 26.6. The molecule has 1 saturated heterocycles. The van der Waals surface area contributed by atoms with Crippen molar-refractivity contribution in [2.24, 2.45) is 0 Å². The fourth-order valence-corrected chi connectivity index (χ4v) is 6.53. The molecule has 5 aromatic rings. The molecule has 6 rings (SSSR count). The Morgan fingerprint density at radius 1 is 1.02 bits per heavy atom. The number of hydrogen-bond donors (Lipinski definition) is 2. The molecule has 3 heterocycles. The summed E-state index contributed by atoms with van der Waals surface area (Å²) >= 11 is 13.0. The predicted molar refractivity (Wildman–Crippen MR) is 187 cm³/mol. The third-order valence-corrected chi connectivity index (χ3v) is 9.36. The van der Waals surface area contributed by atoms with Gasteiger partial charge in [-0.1, -0.05) is 64.8 Å². The lowest BCUT2D eigenvalue weighted by Crippen LogP contribution is -2.46. The molecule has 46 heavy (non-hydrogen) atoms. The maximum absolute atomic E-state index is 9.99. The number of fused-ring (bicyclic) bond motifs is 1. The van der Waals surface area contributed by atoms with Gasteiger partial charge in [0.1, 0.15) is 11.8 Å². The average molecular weight is 654 g/mol. The number of nitrogens with zero attached hydrogens (tertiary/aromatic N) is 6. The van der Waals surface area contributed by atoms with Crippen LogP contribution in [0.5, 0.6) is 0 Å². The first-order chi connectivity index (χ1) is 22.1. The number of likely N-dealkylation sites (tertiary alicyclic amines) is 1. The molecule has 0 amide bonds. The lowest BCUT2D eigenvalue weighted by atomic mass is 9.98. The highest BCUT2D eigenvalue weighted by Gasteiger charge is 2.29. The van der Waals surface area contributed by atoms with E-state index in [2.05, 4.69) is 71.7 Å². The van der Waals surface area contributed by atoms with Gasteiger partial charge in [-0.15, -0.1) is 5.10 Å². The van der Waals surface area contributed by atoms with Crippen LogP contribution in [0.3, 0.4) is 0 Å². The highest BCUT2D eigenvalue weighted by atomic mass is 35.5. The average Bonchev–Trinajstić information content (AvgIpc) is 3.53. The molecule has 10 heteroatoms. The zero-order valence-corrected chi connectivity index (χ0v) is 28.1. The largest absolute Gasteiger partial charge is 0.379 e. The third kappa shape index (κ3) is 6.82. The summed E-state index contributed by atoms with van der Waals surface area (Å²) in [6.07, 6.45) is 5.69. The van der Waals surface area contributed by atoms with Gasteiger partial charge < -0.3 is 10.6 Å². The SMILES string of the molecule is Cc1ccccc1CNc1c(C#N)cnc2c(N[C@@H](c3ccc(Cl)cc3)c3cn(C4CCN(C(C)(C)C)CC4)nn3)cc(Cl)cc12. The van der Waals surface area contributed by atoms with E-state index in [1.807, 2.05) is 59.4 Å². The normalized spacial score (nSPS) is 15.1. The Morgan fingerprint density at radius 3 is 2.46 bits per heavy atom. The van der Waals surface area contributed by atoms with Crippen LogP contribution < -0.4 is 10.6 Å². The molecular formula is C36H38Cl2N8. The van der Waals surface area contributed by atoms with Gasteiger partial charge in [0.15, 0.2) is 0 Å². The number of aromatic nitrogens is 4. The number of nitrogens with one attached hydrogen (secondary N) is 2. The third-order valence-electron chi connectivity index (χ3n) is 8.89. The summed E-state index contributed by atoms with van der Waals surface area (Å²) in [5.41, 5.74) is 6.77. The number of benzene rings is 3. The van der Waals surface area contributed by atoms with E-state index in [1.54, 1.807) is 6.20 Å². The predicted octanol–water partition coefficient (Wildman–Crippen LogP) is 8.56. The van der Waals surface area contributed by atoms with E-state index in [1.165, 1.54) is 5.56 Å². The monoisotopic (exact) mass is 652 g/mol. The summed E-state index contributed by atoms with van der Waals surface area (Å²) in [5.74, 6) is 0. The van der Waals surface area contributed by atoms with E-state index in [9.17, 15) is 5.26 Å². The number of anilines is 2. The van der Waals surface area contributed by atoms with E-state index in [0.717, 1.165) is 53.8 Å². The number of rotatable bonds is 8. The fraction of sp³-hybridized carbons (Fsp3) is 0.333. The van der Waals surface area contributed by atoms with Crippen molar-refractivity contribution in [1.82, 2.24) is 24.9 Å². The van der Waals surface area contributed by atoms with Crippen LogP contribution in [-0.2, 0) is 6.54 Å². The minimum Gasteiger partial charge on any atom is -0.379 e. The Bertz CT molecular complexity index is 1880. The van der Waals surface area contributed by atoms with Crippen LogP contribution in [0.1, 0.15) is 73.6 Å². The lowest BCUT2D eigenvalue weighted by Gasteiger charge is -2.40. The standard InChI is InChI=1S/C36H38Cl2N8/c1-23-7-5-6-8-25(23)20-40-33-26(19-39)21-41-35-30(33)17-28(38)18-31(35)42-34(24-9-11-27(37)12-10-24)32-22-46(44-43-32)29-13-15-45(16-14-29)36(2,3)4/h5-12,17-18,21-22,29,34,42H,13-16,20H2,1-4H3,(H,40,41)/t34-/m0/s1. The number of nitriles is 1. The van der Waals surface area contributed by atoms with Crippen molar-refractivity contribution in [2.45, 2.75) is 64.7 Å². The minimum atomic E-state index is -0.358. The van der Waals surface area contributed by atoms with Gasteiger partial charge in [-0.3, -0.25) is 9.88 Å². The zero-order chi connectivity index (χ0) is 32.4. The van der Waals surface area contributed by atoms with E-state index >= 15 is 0 Å². The molecule has 0 radical (unpaired) electrons. The summed E-state index contributed by atoms with van der Waals surface area (Å²) < 4.78 is 2.01. The molecular weight excluding hydrogens is 615 g/mol. The molecule has 0 aliphatic carbocycles. The molecule has 3 aromatic carbocycles. The Balaban J connectivity index is 1.35.